The van der Waals surface area contributed by atoms with Crippen LogP contribution in [0.2, 0.25) is 0 Å². The lowest BCUT2D eigenvalue weighted by molar-refractivity contribution is -0.169. The largest absolute Gasteiger partial charge is 0.461 e. The van der Waals surface area contributed by atoms with Gasteiger partial charge in [0.1, 0.15) is 6.61 Å². The molecule has 1 atom stereocenters. The van der Waals surface area contributed by atoms with Crippen LogP contribution < -0.4 is 0 Å². The lowest BCUT2D eigenvalue weighted by Gasteiger charge is -2.25. The van der Waals surface area contributed by atoms with Gasteiger partial charge in [0.15, 0.2) is 5.60 Å². The molecule has 1 aliphatic rings. The third-order valence-corrected chi connectivity index (χ3v) is 4.71. The fraction of sp³-hybridized carbons (Fsp3) is 0.789. The smallest absolute Gasteiger partial charge is 0.334 e. The highest BCUT2D eigenvalue weighted by Gasteiger charge is 2.45. The van der Waals surface area contributed by atoms with Crippen molar-refractivity contribution in [2.24, 2.45) is 5.92 Å². The fourth-order valence-corrected chi connectivity index (χ4v) is 3.25. The molecule has 24 heavy (non-hydrogen) atoms. The Morgan fingerprint density at radius 1 is 1.21 bits per heavy atom. The van der Waals surface area contributed by atoms with Gasteiger partial charge in [-0.25, -0.2) is 4.79 Å². The van der Waals surface area contributed by atoms with Crippen molar-refractivity contribution >= 4 is 11.9 Å². The van der Waals surface area contributed by atoms with Crippen LogP contribution in [0.25, 0.3) is 0 Å². The van der Waals surface area contributed by atoms with Crippen molar-refractivity contribution in [3.8, 4) is 0 Å². The summed E-state index contributed by atoms with van der Waals surface area (Å²) in [7, 11) is 0. The fourth-order valence-electron chi connectivity index (χ4n) is 3.25. The quantitative estimate of drug-likeness (QED) is 0.486. The number of aliphatic hydroxyl groups excluding tert-OH is 1. The number of carbonyl (C=O) groups excluding carboxylic acids is 2. The Kier molecular flexibility index (Phi) is 8.46. The molecule has 0 amide bonds. The summed E-state index contributed by atoms with van der Waals surface area (Å²) in [4.78, 5) is 24.5. The molecule has 1 rings (SSSR count). The van der Waals surface area contributed by atoms with Gasteiger partial charge >= 0.3 is 11.9 Å². The highest BCUT2D eigenvalue weighted by molar-refractivity contribution is 5.92. The van der Waals surface area contributed by atoms with E-state index in [9.17, 15) is 14.7 Å². The van der Waals surface area contributed by atoms with Crippen LogP contribution >= 0.6 is 0 Å². The minimum atomic E-state index is -1.12. The molecule has 5 heteroatoms. The first-order chi connectivity index (χ1) is 11.5. The summed E-state index contributed by atoms with van der Waals surface area (Å²) in [5.74, 6) is -0.770. The minimum Gasteiger partial charge on any atom is -0.461 e. The number of ether oxygens (including phenoxy) is 2. The standard InChI is InChI=1S/C19H32O5/c1-5-9-15(10-6-2)17(21)23-13-19(12-20)11-16(18(22)24-19)14(7-3)8-4/h15,20H,5-13H2,1-4H3. The van der Waals surface area contributed by atoms with Crippen molar-refractivity contribution < 1.29 is 24.2 Å². The van der Waals surface area contributed by atoms with Gasteiger partial charge in [0.2, 0.25) is 0 Å². The molecule has 1 fully saturated rings. The lowest BCUT2D eigenvalue weighted by atomic mass is 9.94. The molecule has 0 aromatic carbocycles. The molecule has 0 aliphatic carbocycles. The van der Waals surface area contributed by atoms with Gasteiger partial charge in [0.25, 0.3) is 0 Å². The summed E-state index contributed by atoms with van der Waals surface area (Å²) < 4.78 is 10.9. The van der Waals surface area contributed by atoms with Gasteiger partial charge in [-0.3, -0.25) is 4.79 Å². The predicted octanol–water partition coefficient (Wildman–Crippen LogP) is 3.54. The number of hydrogen-bond donors (Lipinski definition) is 1. The third kappa shape index (κ3) is 5.07. The summed E-state index contributed by atoms with van der Waals surface area (Å²) in [5, 5.41) is 9.75. The molecule has 1 heterocycles. The van der Waals surface area contributed by atoms with E-state index >= 15 is 0 Å². The summed E-state index contributed by atoms with van der Waals surface area (Å²) >= 11 is 0. The van der Waals surface area contributed by atoms with E-state index in [4.69, 9.17) is 9.47 Å². The van der Waals surface area contributed by atoms with Crippen molar-refractivity contribution in [2.45, 2.75) is 78.2 Å². The van der Waals surface area contributed by atoms with Crippen molar-refractivity contribution in [2.75, 3.05) is 13.2 Å². The molecular weight excluding hydrogens is 308 g/mol. The summed E-state index contributed by atoms with van der Waals surface area (Å²) in [6.07, 6.45) is 5.28. The zero-order valence-electron chi connectivity index (χ0n) is 15.5. The van der Waals surface area contributed by atoms with Crippen LogP contribution in [0, 0.1) is 5.92 Å². The second kappa shape index (κ2) is 9.82. The molecule has 0 radical (unpaired) electrons. The van der Waals surface area contributed by atoms with Crippen molar-refractivity contribution in [3.05, 3.63) is 11.1 Å². The molecule has 0 aromatic heterocycles. The monoisotopic (exact) mass is 340 g/mol. The minimum absolute atomic E-state index is 0.0811. The highest BCUT2D eigenvalue weighted by Crippen LogP contribution is 2.34. The Morgan fingerprint density at radius 2 is 1.79 bits per heavy atom. The van der Waals surface area contributed by atoms with E-state index in [1.54, 1.807) is 0 Å². The zero-order chi connectivity index (χ0) is 18.2. The maximum atomic E-state index is 12.3. The third-order valence-electron chi connectivity index (χ3n) is 4.71. The average Bonchev–Trinajstić information content (AvgIpc) is 2.91. The Morgan fingerprint density at radius 3 is 2.25 bits per heavy atom. The van der Waals surface area contributed by atoms with Crippen LogP contribution in [0.3, 0.4) is 0 Å². The Labute approximate surface area is 145 Å². The highest BCUT2D eigenvalue weighted by atomic mass is 16.6. The second-order valence-electron chi connectivity index (χ2n) is 6.58. The molecule has 0 spiro atoms. The van der Waals surface area contributed by atoms with Gasteiger partial charge < -0.3 is 14.6 Å². The van der Waals surface area contributed by atoms with Gasteiger partial charge in [-0.15, -0.1) is 0 Å². The molecule has 0 aromatic rings. The van der Waals surface area contributed by atoms with Crippen LogP contribution in [0.1, 0.15) is 72.6 Å². The Bertz CT molecular complexity index is 456. The van der Waals surface area contributed by atoms with Gasteiger partial charge in [0.05, 0.1) is 12.5 Å². The van der Waals surface area contributed by atoms with E-state index in [2.05, 4.69) is 0 Å². The van der Waals surface area contributed by atoms with Crippen LogP contribution in [-0.4, -0.2) is 35.9 Å². The molecule has 1 aliphatic heterocycles. The lowest BCUT2D eigenvalue weighted by Crippen LogP contribution is -2.40. The van der Waals surface area contributed by atoms with Gasteiger partial charge in [-0.1, -0.05) is 46.1 Å². The first kappa shape index (κ1) is 20.7. The molecule has 0 saturated carbocycles. The van der Waals surface area contributed by atoms with E-state index in [0.717, 1.165) is 44.1 Å². The summed E-state index contributed by atoms with van der Waals surface area (Å²) in [6.45, 7) is 7.65. The molecule has 1 saturated heterocycles. The molecular formula is C19H32O5. The SMILES string of the molecule is CCCC(CCC)C(=O)OCC1(CO)CC(=C(CC)CC)C(=O)O1. The summed E-state index contributed by atoms with van der Waals surface area (Å²) in [5.41, 5.74) is 0.543. The van der Waals surface area contributed by atoms with E-state index in [0.29, 0.717) is 12.0 Å². The maximum absolute atomic E-state index is 12.3. The average molecular weight is 340 g/mol. The summed E-state index contributed by atoms with van der Waals surface area (Å²) in [6, 6.07) is 0. The maximum Gasteiger partial charge on any atom is 0.334 e. The normalized spacial score (nSPS) is 20.4. The van der Waals surface area contributed by atoms with Gasteiger partial charge in [-0.05, 0) is 25.7 Å². The van der Waals surface area contributed by atoms with Crippen LogP contribution in [0.4, 0.5) is 0 Å². The Balaban J connectivity index is 2.79. The van der Waals surface area contributed by atoms with Crippen LogP contribution in [0.15, 0.2) is 11.1 Å². The zero-order valence-corrected chi connectivity index (χ0v) is 15.5. The van der Waals surface area contributed by atoms with Gasteiger partial charge in [0, 0.05) is 12.0 Å². The molecule has 138 valence electrons. The van der Waals surface area contributed by atoms with Crippen molar-refractivity contribution in [1.29, 1.82) is 0 Å². The predicted molar refractivity (Wildman–Crippen MR) is 92.4 cm³/mol. The van der Waals surface area contributed by atoms with E-state index in [1.165, 1.54) is 0 Å². The van der Waals surface area contributed by atoms with Crippen LogP contribution in [0.5, 0.6) is 0 Å². The van der Waals surface area contributed by atoms with E-state index in [1.807, 2.05) is 27.7 Å². The van der Waals surface area contributed by atoms with Crippen LogP contribution in [-0.2, 0) is 19.1 Å². The van der Waals surface area contributed by atoms with E-state index < -0.39 is 11.6 Å². The van der Waals surface area contributed by atoms with Crippen molar-refractivity contribution in [3.63, 3.8) is 0 Å². The van der Waals surface area contributed by atoms with E-state index in [-0.39, 0.29) is 25.1 Å². The molecule has 0 bridgehead atoms. The number of hydrogen-bond acceptors (Lipinski definition) is 5. The second-order valence-corrected chi connectivity index (χ2v) is 6.58. The molecule has 1 N–H and O–H groups in total. The first-order valence-electron chi connectivity index (χ1n) is 9.18. The first-order valence-corrected chi connectivity index (χ1v) is 9.18. The number of cyclic esters (lactones) is 1. The topological polar surface area (TPSA) is 72.8 Å². The molecule has 1 unspecified atom stereocenters. The number of rotatable bonds is 10. The number of allylic oxidation sites excluding steroid dienone is 1. The van der Waals surface area contributed by atoms with Crippen molar-refractivity contribution in [1.82, 2.24) is 0 Å². The number of aliphatic hydroxyl groups is 1. The Hall–Kier alpha value is -1.36. The number of esters is 2. The molecule has 5 nitrogen and oxygen atoms in total. The number of carbonyl (C=O) groups is 2. The van der Waals surface area contributed by atoms with Gasteiger partial charge in [-0.2, -0.15) is 0 Å².